The topological polar surface area (TPSA) is 79.6 Å². The smallest absolute Gasteiger partial charge is 0.225 e. The molecule has 2 aliphatic heterocycles. The van der Waals surface area contributed by atoms with E-state index in [-0.39, 0.29) is 6.10 Å². The van der Waals surface area contributed by atoms with Gasteiger partial charge in [0.1, 0.15) is 17.9 Å². The number of ether oxygens (including phenoxy) is 1. The summed E-state index contributed by atoms with van der Waals surface area (Å²) in [5.41, 5.74) is 4.04. The maximum Gasteiger partial charge on any atom is 0.225 e. The fraction of sp³-hybridized carbons (Fsp3) is 0.348. The van der Waals surface area contributed by atoms with E-state index in [0.29, 0.717) is 6.54 Å². The number of benzene rings is 1. The second kappa shape index (κ2) is 8.29. The first-order valence-corrected chi connectivity index (χ1v) is 10.6. The van der Waals surface area contributed by atoms with Gasteiger partial charge in [-0.3, -0.25) is 4.99 Å². The van der Waals surface area contributed by atoms with Crippen LogP contribution < -0.4 is 14.5 Å². The lowest BCUT2D eigenvalue weighted by molar-refractivity contribution is 0.242. The number of aliphatic imine (C=N–C) groups is 1. The molecule has 1 aromatic carbocycles. The molecule has 2 aromatic heterocycles. The van der Waals surface area contributed by atoms with Crippen LogP contribution in [-0.4, -0.2) is 57.9 Å². The second-order valence-electron chi connectivity index (χ2n) is 7.93. The lowest BCUT2D eigenvalue weighted by Crippen LogP contribution is -2.47. The highest BCUT2D eigenvalue weighted by molar-refractivity contribution is 6.14. The Morgan fingerprint density at radius 3 is 2.45 bits per heavy atom. The van der Waals surface area contributed by atoms with Crippen molar-refractivity contribution in [3.8, 4) is 5.75 Å². The van der Waals surface area contributed by atoms with Crippen molar-refractivity contribution in [3.05, 3.63) is 65.9 Å². The Morgan fingerprint density at radius 1 is 0.903 bits per heavy atom. The zero-order valence-electron chi connectivity index (χ0n) is 17.8. The van der Waals surface area contributed by atoms with Gasteiger partial charge in [-0.05, 0) is 37.6 Å². The van der Waals surface area contributed by atoms with Gasteiger partial charge in [0.15, 0.2) is 0 Å². The Labute approximate surface area is 181 Å². The normalized spacial score (nSPS) is 15.8. The number of hydrogen-bond donors (Lipinski definition) is 0. The number of fused-ring (bicyclic) bond motifs is 1. The van der Waals surface area contributed by atoms with Crippen LogP contribution in [-0.2, 0) is 6.54 Å². The summed E-state index contributed by atoms with van der Waals surface area (Å²) >= 11 is 0. The molecule has 1 saturated heterocycles. The highest BCUT2D eigenvalue weighted by atomic mass is 16.5. The SMILES string of the molecule is CC(C)Oc1ccc2c(c1)C(c1cc(N3CCN(c4ncccn4)CC3)ncn1)=NC2. The van der Waals surface area contributed by atoms with Crippen molar-refractivity contribution in [3.63, 3.8) is 0 Å². The first kappa shape index (κ1) is 19.4. The molecule has 0 spiro atoms. The van der Waals surface area contributed by atoms with E-state index in [1.165, 1.54) is 5.56 Å². The second-order valence-corrected chi connectivity index (χ2v) is 7.93. The highest BCUT2D eigenvalue weighted by Crippen LogP contribution is 2.28. The van der Waals surface area contributed by atoms with Gasteiger partial charge in [0, 0.05) is 50.2 Å². The molecule has 0 N–H and O–H groups in total. The van der Waals surface area contributed by atoms with Gasteiger partial charge in [-0.25, -0.2) is 19.9 Å². The van der Waals surface area contributed by atoms with Crippen LogP contribution in [0.4, 0.5) is 11.8 Å². The summed E-state index contributed by atoms with van der Waals surface area (Å²) in [7, 11) is 0. The van der Waals surface area contributed by atoms with Crippen molar-refractivity contribution < 1.29 is 4.74 Å². The zero-order valence-corrected chi connectivity index (χ0v) is 17.8. The summed E-state index contributed by atoms with van der Waals surface area (Å²) in [6.45, 7) is 8.13. The van der Waals surface area contributed by atoms with Crippen molar-refractivity contribution in [2.75, 3.05) is 36.0 Å². The molecule has 0 unspecified atom stereocenters. The van der Waals surface area contributed by atoms with Gasteiger partial charge in [-0.1, -0.05) is 6.07 Å². The minimum absolute atomic E-state index is 0.130. The summed E-state index contributed by atoms with van der Waals surface area (Å²) in [4.78, 5) is 27.0. The molecule has 0 saturated carbocycles. The van der Waals surface area contributed by atoms with E-state index in [0.717, 1.165) is 60.7 Å². The maximum absolute atomic E-state index is 5.88. The summed E-state index contributed by atoms with van der Waals surface area (Å²) < 4.78 is 5.88. The number of aromatic nitrogens is 4. The van der Waals surface area contributed by atoms with Crippen molar-refractivity contribution >= 4 is 17.5 Å². The largest absolute Gasteiger partial charge is 0.491 e. The summed E-state index contributed by atoms with van der Waals surface area (Å²) in [5, 5.41) is 0. The standard InChI is InChI=1S/C23H25N7O/c1-16(2)31-18-5-4-17-14-26-22(19(17)12-18)20-13-21(28-15-27-20)29-8-10-30(11-9-29)23-24-6-3-7-25-23/h3-7,12-13,15-16H,8-11,14H2,1-2H3. The molecule has 8 heteroatoms. The van der Waals surface area contributed by atoms with E-state index < -0.39 is 0 Å². The molecule has 8 nitrogen and oxygen atoms in total. The van der Waals surface area contributed by atoms with Crippen molar-refractivity contribution in [2.24, 2.45) is 4.99 Å². The first-order chi connectivity index (χ1) is 15.2. The molecule has 0 atom stereocenters. The Morgan fingerprint density at radius 2 is 1.68 bits per heavy atom. The number of anilines is 2. The molecule has 1 fully saturated rings. The molecule has 0 bridgehead atoms. The van der Waals surface area contributed by atoms with Crippen molar-refractivity contribution in [1.29, 1.82) is 0 Å². The molecule has 2 aliphatic rings. The average molecular weight is 416 g/mol. The highest BCUT2D eigenvalue weighted by Gasteiger charge is 2.23. The molecular formula is C23H25N7O. The van der Waals surface area contributed by atoms with Gasteiger partial charge >= 0.3 is 0 Å². The zero-order chi connectivity index (χ0) is 21.2. The molecule has 0 aliphatic carbocycles. The van der Waals surface area contributed by atoms with Crippen LogP contribution in [0.15, 0.2) is 54.0 Å². The Kier molecular flexibility index (Phi) is 5.19. The van der Waals surface area contributed by atoms with Crippen LogP contribution in [0.5, 0.6) is 5.75 Å². The number of nitrogens with zero attached hydrogens (tertiary/aromatic N) is 7. The third-order valence-electron chi connectivity index (χ3n) is 5.45. The Hall–Kier alpha value is -3.55. The van der Waals surface area contributed by atoms with Crippen LogP contribution in [0.3, 0.4) is 0 Å². The summed E-state index contributed by atoms with van der Waals surface area (Å²) in [6.07, 6.45) is 5.32. The molecule has 31 heavy (non-hydrogen) atoms. The molecule has 5 rings (SSSR count). The molecule has 0 radical (unpaired) electrons. The predicted octanol–water partition coefficient (Wildman–Crippen LogP) is 2.73. The average Bonchev–Trinajstić information content (AvgIpc) is 3.23. The van der Waals surface area contributed by atoms with E-state index in [1.807, 2.05) is 32.0 Å². The lowest BCUT2D eigenvalue weighted by atomic mass is 10.0. The van der Waals surface area contributed by atoms with E-state index in [1.54, 1.807) is 18.7 Å². The molecular weight excluding hydrogens is 390 g/mol. The van der Waals surface area contributed by atoms with Crippen LogP contribution in [0, 0.1) is 0 Å². The fourth-order valence-electron chi connectivity index (χ4n) is 3.97. The van der Waals surface area contributed by atoms with E-state index >= 15 is 0 Å². The Balaban J connectivity index is 1.33. The van der Waals surface area contributed by atoms with E-state index in [4.69, 9.17) is 9.73 Å². The predicted molar refractivity (Wildman–Crippen MR) is 120 cm³/mol. The van der Waals surface area contributed by atoms with Gasteiger partial charge in [-0.15, -0.1) is 0 Å². The van der Waals surface area contributed by atoms with Crippen molar-refractivity contribution in [2.45, 2.75) is 26.5 Å². The van der Waals surface area contributed by atoms with Crippen LogP contribution in [0.25, 0.3) is 0 Å². The lowest BCUT2D eigenvalue weighted by Gasteiger charge is -2.35. The van der Waals surface area contributed by atoms with Crippen molar-refractivity contribution in [1.82, 2.24) is 19.9 Å². The van der Waals surface area contributed by atoms with Gasteiger partial charge in [-0.2, -0.15) is 0 Å². The number of rotatable bonds is 5. The van der Waals surface area contributed by atoms with Gasteiger partial charge in [0.2, 0.25) is 5.95 Å². The molecule has 3 aromatic rings. The quantitative estimate of drug-likeness (QED) is 0.634. The minimum Gasteiger partial charge on any atom is -0.491 e. The molecule has 0 amide bonds. The summed E-state index contributed by atoms with van der Waals surface area (Å²) in [5.74, 6) is 2.56. The Bertz CT molecular complexity index is 1090. The minimum atomic E-state index is 0.130. The van der Waals surface area contributed by atoms with Crippen LogP contribution in [0.1, 0.15) is 30.7 Å². The third-order valence-corrected chi connectivity index (χ3v) is 5.45. The van der Waals surface area contributed by atoms with E-state index in [2.05, 4.69) is 41.9 Å². The third kappa shape index (κ3) is 4.05. The van der Waals surface area contributed by atoms with Gasteiger partial charge < -0.3 is 14.5 Å². The summed E-state index contributed by atoms with van der Waals surface area (Å²) in [6, 6.07) is 10.1. The molecule has 158 valence electrons. The van der Waals surface area contributed by atoms with Gasteiger partial charge in [0.25, 0.3) is 0 Å². The van der Waals surface area contributed by atoms with Crippen LogP contribution in [0.2, 0.25) is 0 Å². The maximum atomic E-state index is 5.88. The van der Waals surface area contributed by atoms with Crippen LogP contribution >= 0.6 is 0 Å². The fourth-order valence-corrected chi connectivity index (χ4v) is 3.97. The van der Waals surface area contributed by atoms with Gasteiger partial charge in [0.05, 0.1) is 24.1 Å². The molecule has 4 heterocycles. The van der Waals surface area contributed by atoms with E-state index in [9.17, 15) is 0 Å². The first-order valence-electron chi connectivity index (χ1n) is 10.6. The number of piperazine rings is 1. The number of hydrogen-bond acceptors (Lipinski definition) is 8. The monoisotopic (exact) mass is 415 g/mol.